The number of alkyl halides is 1. The molecule has 0 aliphatic rings. The van der Waals surface area contributed by atoms with Crippen molar-refractivity contribution in [2.75, 3.05) is 0 Å². The monoisotopic (exact) mass is 245 g/mol. The average Bonchev–Trinajstić information content (AvgIpc) is 2.19. The molecule has 4 heteroatoms. The standard InChI is InChI=1S/C10H6Cl3N/c11-5-7-4-6-2-1-3-8(12)9(6)14-10(7)13/h1-4H,5H2. The second-order valence-electron chi connectivity index (χ2n) is 2.88. The van der Waals surface area contributed by atoms with Crippen LogP contribution in [0.4, 0.5) is 0 Å². The zero-order valence-electron chi connectivity index (χ0n) is 7.10. The molecule has 1 aromatic heterocycles. The molecule has 2 rings (SSSR count). The molecule has 1 nitrogen and oxygen atoms in total. The topological polar surface area (TPSA) is 12.9 Å². The van der Waals surface area contributed by atoms with Gasteiger partial charge in [-0.25, -0.2) is 4.98 Å². The van der Waals surface area contributed by atoms with E-state index in [1.54, 1.807) is 6.07 Å². The Bertz CT molecular complexity index is 482. The normalized spacial score (nSPS) is 10.8. The molecule has 0 atom stereocenters. The van der Waals surface area contributed by atoms with E-state index in [0.29, 0.717) is 21.6 Å². The van der Waals surface area contributed by atoms with E-state index in [1.165, 1.54) is 0 Å². The molecule has 72 valence electrons. The average molecular weight is 247 g/mol. The predicted octanol–water partition coefficient (Wildman–Crippen LogP) is 4.28. The maximum atomic E-state index is 5.97. The summed E-state index contributed by atoms with van der Waals surface area (Å²) < 4.78 is 0. The van der Waals surface area contributed by atoms with Gasteiger partial charge in [0.2, 0.25) is 0 Å². The molecule has 2 aromatic rings. The van der Waals surface area contributed by atoms with Gasteiger partial charge in [0.25, 0.3) is 0 Å². The highest BCUT2D eigenvalue weighted by molar-refractivity contribution is 6.36. The van der Waals surface area contributed by atoms with E-state index in [0.717, 1.165) is 10.9 Å². The van der Waals surface area contributed by atoms with E-state index in [4.69, 9.17) is 34.8 Å². The number of fused-ring (bicyclic) bond motifs is 1. The Hall–Kier alpha value is -0.500. The van der Waals surface area contributed by atoms with Crippen LogP contribution in [0.2, 0.25) is 10.2 Å². The SMILES string of the molecule is ClCc1cc2cccc(Cl)c2nc1Cl. The van der Waals surface area contributed by atoms with Gasteiger partial charge >= 0.3 is 0 Å². The first-order valence-electron chi connectivity index (χ1n) is 4.02. The van der Waals surface area contributed by atoms with Crippen molar-refractivity contribution in [3.63, 3.8) is 0 Å². The third-order valence-electron chi connectivity index (χ3n) is 1.97. The van der Waals surface area contributed by atoms with Gasteiger partial charge in [0.1, 0.15) is 5.15 Å². The molecule has 14 heavy (non-hydrogen) atoms. The number of rotatable bonds is 1. The van der Waals surface area contributed by atoms with Crippen LogP contribution in [-0.4, -0.2) is 4.98 Å². The quantitative estimate of drug-likeness (QED) is 0.540. The van der Waals surface area contributed by atoms with Crippen LogP contribution in [0.25, 0.3) is 10.9 Å². The van der Waals surface area contributed by atoms with Crippen LogP contribution in [-0.2, 0) is 5.88 Å². The van der Waals surface area contributed by atoms with E-state index >= 15 is 0 Å². The third-order valence-corrected chi connectivity index (χ3v) is 2.89. The number of hydrogen-bond donors (Lipinski definition) is 0. The van der Waals surface area contributed by atoms with Gasteiger partial charge in [-0.05, 0) is 12.1 Å². The Kier molecular flexibility index (Phi) is 2.82. The van der Waals surface area contributed by atoms with Crippen LogP contribution in [0.15, 0.2) is 24.3 Å². The van der Waals surface area contributed by atoms with E-state index < -0.39 is 0 Å². The molecule has 0 fully saturated rings. The highest BCUT2D eigenvalue weighted by Gasteiger charge is 2.05. The van der Waals surface area contributed by atoms with Crippen LogP contribution >= 0.6 is 34.8 Å². The summed E-state index contributed by atoms with van der Waals surface area (Å²) in [4.78, 5) is 4.20. The van der Waals surface area contributed by atoms with Gasteiger partial charge in [0.05, 0.1) is 16.4 Å². The lowest BCUT2D eigenvalue weighted by Crippen LogP contribution is -1.87. The van der Waals surface area contributed by atoms with Crippen molar-refractivity contribution >= 4 is 45.7 Å². The molecule has 0 radical (unpaired) electrons. The number of pyridine rings is 1. The number of aromatic nitrogens is 1. The lowest BCUT2D eigenvalue weighted by molar-refractivity contribution is 1.30. The number of nitrogens with zero attached hydrogens (tertiary/aromatic N) is 1. The summed E-state index contributed by atoms with van der Waals surface area (Å²) in [5.41, 5.74) is 1.54. The first-order valence-corrected chi connectivity index (χ1v) is 5.31. The van der Waals surface area contributed by atoms with Crippen molar-refractivity contribution in [2.24, 2.45) is 0 Å². The van der Waals surface area contributed by atoms with Gasteiger partial charge in [-0.1, -0.05) is 35.3 Å². The molecular formula is C10H6Cl3N. The van der Waals surface area contributed by atoms with Crippen molar-refractivity contribution < 1.29 is 0 Å². The Balaban J connectivity index is 2.79. The number of benzene rings is 1. The molecule has 0 aliphatic carbocycles. The van der Waals surface area contributed by atoms with Crippen molar-refractivity contribution in [2.45, 2.75) is 5.88 Å². The summed E-state index contributed by atoms with van der Waals surface area (Å²) in [6, 6.07) is 7.50. The minimum absolute atomic E-state index is 0.355. The Morgan fingerprint density at radius 1 is 1.21 bits per heavy atom. The fourth-order valence-corrected chi connectivity index (χ4v) is 1.98. The van der Waals surface area contributed by atoms with Crippen LogP contribution in [0.3, 0.4) is 0 Å². The summed E-state index contributed by atoms with van der Waals surface area (Å²) in [6.07, 6.45) is 0. The molecule has 1 heterocycles. The number of hydrogen-bond acceptors (Lipinski definition) is 1. The fraction of sp³-hybridized carbons (Fsp3) is 0.100. The predicted molar refractivity (Wildman–Crippen MR) is 61.3 cm³/mol. The van der Waals surface area contributed by atoms with Gasteiger partial charge in [0, 0.05) is 10.9 Å². The highest BCUT2D eigenvalue weighted by atomic mass is 35.5. The first-order chi connectivity index (χ1) is 6.72. The van der Waals surface area contributed by atoms with Crippen molar-refractivity contribution in [3.05, 3.63) is 40.0 Å². The van der Waals surface area contributed by atoms with E-state index in [2.05, 4.69) is 4.98 Å². The molecule has 0 amide bonds. The molecule has 0 unspecified atom stereocenters. The second-order valence-corrected chi connectivity index (χ2v) is 3.92. The number of para-hydroxylation sites is 1. The summed E-state index contributed by atoms with van der Waals surface area (Å²) in [7, 11) is 0. The van der Waals surface area contributed by atoms with Gasteiger partial charge in [-0.15, -0.1) is 11.6 Å². The third kappa shape index (κ3) is 1.68. The van der Waals surface area contributed by atoms with Crippen LogP contribution in [0.1, 0.15) is 5.56 Å². The molecule has 0 aliphatic heterocycles. The van der Waals surface area contributed by atoms with Crippen molar-refractivity contribution in [1.82, 2.24) is 4.98 Å². The van der Waals surface area contributed by atoms with Crippen molar-refractivity contribution in [1.29, 1.82) is 0 Å². The molecule has 0 saturated carbocycles. The van der Waals surface area contributed by atoms with Crippen molar-refractivity contribution in [3.8, 4) is 0 Å². The summed E-state index contributed by atoms with van der Waals surface area (Å²) >= 11 is 17.6. The number of halogens is 3. The zero-order chi connectivity index (χ0) is 10.1. The second kappa shape index (κ2) is 3.93. The highest BCUT2D eigenvalue weighted by Crippen LogP contribution is 2.26. The Morgan fingerprint density at radius 2 is 2.00 bits per heavy atom. The van der Waals surface area contributed by atoms with Crippen LogP contribution in [0, 0.1) is 0 Å². The molecule has 0 N–H and O–H groups in total. The van der Waals surface area contributed by atoms with Gasteiger partial charge in [-0.3, -0.25) is 0 Å². The van der Waals surface area contributed by atoms with E-state index in [1.807, 2.05) is 18.2 Å². The molecule has 1 aromatic carbocycles. The summed E-state index contributed by atoms with van der Waals surface area (Å²) in [6.45, 7) is 0. The molecule has 0 spiro atoms. The van der Waals surface area contributed by atoms with Crippen LogP contribution < -0.4 is 0 Å². The summed E-state index contributed by atoms with van der Waals surface area (Å²) in [5, 5.41) is 1.98. The van der Waals surface area contributed by atoms with Crippen LogP contribution in [0.5, 0.6) is 0 Å². The van der Waals surface area contributed by atoms with Gasteiger partial charge in [0.15, 0.2) is 0 Å². The Labute approximate surface area is 96.6 Å². The van der Waals surface area contributed by atoms with Gasteiger partial charge in [-0.2, -0.15) is 0 Å². The maximum Gasteiger partial charge on any atom is 0.134 e. The molecule has 0 saturated heterocycles. The van der Waals surface area contributed by atoms with E-state index in [-0.39, 0.29) is 0 Å². The molecule has 0 bridgehead atoms. The Morgan fingerprint density at radius 3 is 2.71 bits per heavy atom. The fourth-order valence-electron chi connectivity index (χ4n) is 1.28. The maximum absolute atomic E-state index is 5.97. The summed E-state index contributed by atoms with van der Waals surface area (Å²) in [5.74, 6) is 0.355. The van der Waals surface area contributed by atoms with E-state index in [9.17, 15) is 0 Å². The minimum atomic E-state index is 0.355. The lowest BCUT2D eigenvalue weighted by Gasteiger charge is -2.03. The lowest BCUT2D eigenvalue weighted by atomic mass is 10.2. The van der Waals surface area contributed by atoms with Gasteiger partial charge < -0.3 is 0 Å². The first kappa shape index (κ1) is 10.0. The smallest absolute Gasteiger partial charge is 0.134 e. The minimum Gasteiger partial charge on any atom is -0.234 e. The largest absolute Gasteiger partial charge is 0.234 e. The zero-order valence-corrected chi connectivity index (χ0v) is 9.37. The molecular weight excluding hydrogens is 240 g/mol.